The molecule has 0 amide bonds. The third-order valence-electron chi connectivity index (χ3n) is 5.41. The van der Waals surface area contributed by atoms with Crippen LogP contribution in [0.3, 0.4) is 0 Å². The molecule has 106 valence electrons. The van der Waals surface area contributed by atoms with E-state index in [1.165, 1.54) is 64.6 Å². The Morgan fingerprint density at radius 3 is 2.33 bits per heavy atom. The largest absolute Gasteiger partial charge is 0.327 e. The molecular formula is C16H32N2. The van der Waals surface area contributed by atoms with Crippen molar-refractivity contribution >= 4 is 0 Å². The normalized spacial score (nSPS) is 33.7. The Bertz CT molecular complexity index is 237. The van der Waals surface area contributed by atoms with Crippen LogP contribution in [-0.4, -0.2) is 30.6 Å². The SMILES string of the molecule is CCC1CCC(N)C(CN(CC)CC2CCC2)C1. The van der Waals surface area contributed by atoms with Crippen LogP contribution in [0.2, 0.25) is 0 Å². The Kier molecular flexibility index (Phi) is 5.50. The summed E-state index contributed by atoms with van der Waals surface area (Å²) in [7, 11) is 0. The molecule has 2 N–H and O–H groups in total. The summed E-state index contributed by atoms with van der Waals surface area (Å²) in [6.45, 7) is 8.44. The average molecular weight is 252 g/mol. The van der Waals surface area contributed by atoms with Gasteiger partial charge in [-0.25, -0.2) is 0 Å². The molecule has 3 unspecified atom stereocenters. The molecule has 0 aliphatic heterocycles. The van der Waals surface area contributed by atoms with Crippen molar-refractivity contribution in [3.8, 4) is 0 Å². The topological polar surface area (TPSA) is 29.3 Å². The molecule has 2 rings (SSSR count). The molecule has 18 heavy (non-hydrogen) atoms. The Hall–Kier alpha value is -0.0800. The van der Waals surface area contributed by atoms with Gasteiger partial charge in [-0.05, 0) is 56.4 Å². The molecule has 0 radical (unpaired) electrons. The van der Waals surface area contributed by atoms with Gasteiger partial charge in [0.05, 0.1) is 0 Å². The number of hydrogen-bond acceptors (Lipinski definition) is 2. The highest BCUT2D eigenvalue weighted by atomic mass is 15.1. The summed E-state index contributed by atoms with van der Waals surface area (Å²) in [6.07, 6.45) is 9.72. The van der Waals surface area contributed by atoms with E-state index < -0.39 is 0 Å². The van der Waals surface area contributed by atoms with Crippen molar-refractivity contribution in [1.82, 2.24) is 4.90 Å². The van der Waals surface area contributed by atoms with E-state index in [2.05, 4.69) is 18.7 Å². The van der Waals surface area contributed by atoms with Crippen LogP contribution in [0, 0.1) is 17.8 Å². The van der Waals surface area contributed by atoms with Gasteiger partial charge in [0.15, 0.2) is 0 Å². The summed E-state index contributed by atoms with van der Waals surface area (Å²) in [6, 6.07) is 0.461. The fraction of sp³-hybridized carbons (Fsp3) is 1.00. The van der Waals surface area contributed by atoms with Gasteiger partial charge in [-0.15, -0.1) is 0 Å². The van der Waals surface area contributed by atoms with E-state index in [1.807, 2.05) is 0 Å². The van der Waals surface area contributed by atoms with Crippen LogP contribution in [0.4, 0.5) is 0 Å². The number of rotatable bonds is 6. The monoisotopic (exact) mass is 252 g/mol. The quantitative estimate of drug-likeness (QED) is 0.786. The van der Waals surface area contributed by atoms with E-state index in [-0.39, 0.29) is 0 Å². The fourth-order valence-electron chi connectivity index (χ4n) is 3.67. The zero-order valence-corrected chi connectivity index (χ0v) is 12.4. The summed E-state index contributed by atoms with van der Waals surface area (Å²) in [5, 5.41) is 0. The maximum absolute atomic E-state index is 6.35. The highest BCUT2D eigenvalue weighted by molar-refractivity contribution is 4.85. The molecule has 0 aromatic carbocycles. The first-order valence-electron chi connectivity index (χ1n) is 8.20. The van der Waals surface area contributed by atoms with E-state index in [0.717, 1.165) is 17.8 Å². The smallest absolute Gasteiger partial charge is 0.00795 e. The lowest BCUT2D eigenvalue weighted by atomic mass is 9.77. The Balaban J connectivity index is 1.80. The van der Waals surface area contributed by atoms with E-state index in [9.17, 15) is 0 Å². The first-order valence-corrected chi connectivity index (χ1v) is 8.20. The summed E-state index contributed by atoms with van der Waals surface area (Å²) in [5.74, 6) is 2.69. The molecule has 2 nitrogen and oxygen atoms in total. The molecule has 0 aromatic heterocycles. The molecule has 3 atom stereocenters. The number of nitrogens with two attached hydrogens (primary N) is 1. The lowest BCUT2D eigenvalue weighted by Gasteiger charge is -2.39. The predicted molar refractivity (Wildman–Crippen MR) is 78.6 cm³/mol. The zero-order valence-electron chi connectivity index (χ0n) is 12.4. The van der Waals surface area contributed by atoms with Gasteiger partial charge in [-0.3, -0.25) is 0 Å². The minimum atomic E-state index is 0.461. The molecule has 2 aliphatic rings. The van der Waals surface area contributed by atoms with E-state index in [0.29, 0.717) is 6.04 Å². The average Bonchev–Trinajstić information content (AvgIpc) is 2.34. The molecule has 0 spiro atoms. The van der Waals surface area contributed by atoms with Crippen LogP contribution < -0.4 is 5.73 Å². The molecule has 0 aromatic rings. The lowest BCUT2D eigenvalue weighted by Crippen LogP contribution is -2.44. The molecule has 0 bridgehead atoms. The van der Waals surface area contributed by atoms with Crippen molar-refractivity contribution in [1.29, 1.82) is 0 Å². The highest BCUT2D eigenvalue weighted by Crippen LogP contribution is 2.32. The first kappa shape index (κ1) is 14.3. The van der Waals surface area contributed by atoms with Gasteiger partial charge < -0.3 is 10.6 Å². The molecule has 2 fully saturated rings. The van der Waals surface area contributed by atoms with Crippen molar-refractivity contribution in [2.24, 2.45) is 23.5 Å². The van der Waals surface area contributed by atoms with Crippen molar-refractivity contribution in [2.45, 2.75) is 64.8 Å². The maximum atomic E-state index is 6.35. The second kappa shape index (κ2) is 6.91. The van der Waals surface area contributed by atoms with Crippen LogP contribution in [-0.2, 0) is 0 Å². The maximum Gasteiger partial charge on any atom is 0.00795 e. The molecule has 0 saturated heterocycles. The lowest BCUT2D eigenvalue weighted by molar-refractivity contribution is 0.125. The predicted octanol–water partition coefficient (Wildman–Crippen LogP) is 3.26. The second-order valence-electron chi connectivity index (χ2n) is 6.66. The van der Waals surface area contributed by atoms with Gasteiger partial charge in [0.2, 0.25) is 0 Å². The van der Waals surface area contributed by atoms with Crippen LogP contribution >= 0.6 is 0 Å². The van der Waals surface area contributed by atoms with Crippen LogP contribution in [0.15, 0.2) is 0 Å². The standard InChI is InChI=1S/C16H32N2/c1-3-13-8-9-16(17)15(10-13)12-18(4-2)11-14-6-5-7-14/h13-16H,3-12,17H2,1-2H3. The van der Waals surface area contributed by atoms with E-state index in [4.69, 9.17) is 5.73 Å². The summed E-state index contributed by atoms with van der Waals surface area (Å²) in [5.41, 5.74) is 6.35. The van der Waals surface area contributed by atoms with Crippen molar-refractivity contribution in [3.63, 3.8) is 0 Å². The summed E-state index contributed by atoms with van der Waals surface area (Å²) < 4.78 is 0. The van der Waals surface area contributed by atoms with Gasteiger partial charge in [-0.1, -0.05) is 26.7 Å². The molecule has 2 saturated carbocycles. The number of nitrogens with zero attached hydrogens (tertiary/aromatic N) is 1. The van der Waals surface area contributed by atoms with Gasteiger partial charge in [0.1, 0.15) is 0 Å². The molecular weight excluding hydrogens is 220 g/mol. The molecule has 0 heterocycles. The van der Waals surface area contributed by atoms with E-state index >= 15 is 0 Å². The Labute approximate surface area is 113 Å². The first-order chi connectivity index (χ1) is 8.72. The number of hydrogen-bond donors (Lipinski definition) is 1. The highest BCUT2D eigenvalue weighted by Gasteiger charge is 2.29. The van der Waals surface area contributed by atoms with Crippen LogP contribution in [0.1, 0.15) is 58.8 Å². The van der Waals surface area contributed by atoms with Crippen LogP contribution in [0.5, 0.6) is 0 Å². The van der Waals surface area contributed by atoms with Crippen molar-refractivity contribution in [2.75, 3.05) is 19.6 Å². The van der Waals surface area contributed by atoms with E-state index in [1.54, 1.807) is 0 Å². The van der Waals surface area contributed by atoms with Crippen molar-refractivity contribution < 1.29 is 0 Å². The summed E-state index contributed by atoms with van der Waals surface area (Å²) in [4.78, 5) is 2.67. The van der Waals surface area contributed by atoms with Crippen LogP contribution in [0.25, 0.3) is 0 Å². The minimum Gasteiger partial charge on any atom is -0.327 e. The van der Waals surface area contributed by atoms with Gasteiger partial charge >= 0.3 is 0 Å². The Morgan fingerprint density at radius 2 is 1.78 bits per heavy atom. The Morgan fingerprint density at radius 1 is 1.00 bits per heavy atom. The molecule has 2 heteroatoms. The van der Waals surface area contributed by atoms with Crippen molar-refractivity contribution in [3.05, 3.63) is 0 Å². The minimum absolute atomic E-state index is 0.461. The van der Waals surface area contributed by atoms with Gasteiger partial charge in [0, 0.05) is 19.1 Å². The third-order valence-corrected chi connectivity index (χ3v) is 5.41. The second-order valence-corrected chi connectivity index (χ2v) is 6.66. The third kappa shape index (κ3) is 3.71. The molecule has 2 aliphatic carbocycles. The zero-order chi connectivity index (χ0) is 13.0. The van der Waals surface area contributed by atoms with Gasteiger partial charge in [-0.2, -0.15) is 0 Å². The fourth-order valence-corrected chi connectivity index (χ4v) is 3.67. The summed E-state index contributed by atoms with van der Waals surface area (Å²) >= 11 is 0. The van der Waals surface area contributed by atoms with Gasteiger partial charge in [0.25, 0.3) is 0 Å².